The van der Waals surface area contributed by atoms with E-state index in [2.05, 4.69) is 206 Å². The van der Waals surface area contributed by atoms with E-state index in [4.69, 9.17) is 0 Å². The predicted octanol–water partition coefficient (Wildman–Crippen LogP) is 14.5. The summed E-state index contributed by atoms with van der Waals surface area (Å²) in [4.78, 5) is 0. The topological polar surface area (TPSA) is 0 Å². The van der Waals surface area contributed by atoms with Crippen molar-refractivity contribution in [1.29, 1.82) is 0 Å². The highest BCUT2D eigenvalue weighted by molar-refractivity contribution is 6.19. The number of fused-ring (bicyclic) bond motifs is 3. The molecular formula is C52H34. The van der Waals surface area contributed by atoms with Gasteiger partial charge in [-0.1, -0.05) is 194 Å². The van der Waals surface area contributed by atoms with Crippen LogP contribution in [0.4, 0.5) is 0 Å². The zero-order chi connectivity index (χ0) is 34.4. The van der Waals surface area contributed by atoms with Crippen LogP contribution in [0.2, 0.25) is 0 Å². The van der Waals surface area contributed by atoms with E-state index in [1.165, 1.54) is 99.8 Å². The van der Waals surface area contributed by atoms with Crippen LogP contribution in [0.5, 0.6) is 0 Å². The lowest BCUT2D eigenvalue weighted by Gasteiger charge is -2.24. The molecule has 0 radical (unpaired) electrons. The first-order valence-electron chi connectivity index (χ1n) is 18.0. The Balaban J connectivity index is 1.28. The maximum absolute atomic E-state index is 2.44. The summed E-state index contributed by atoms with van der Waals surface area (Å²) in [6.07, 6.45) is 0. The first-order chi connectivity index (χ1) is 25.8. The third kappa shape index (κ3) is 4.92. The van der Waals surface area contributed by atoms with Gasteiger partial charge in [-0.25, -0.2) is 0 Å². The van der Waals surface area contributed by atoms with E-state index >= 15 is 0 Å². The van der Waals surface area contributed by atoms with Crippen LogP contribution in [0.25, 0.3) is 99.8 Å². The molecule has 0 spiro atoms. The van der Waals surface area contributed by atoms with Gasteiger partial charge in [-0.15, -0.1) is 0 Å². The van der Waals surface area contributed by atoms with Gasteiger partial charge in [-0.2, -0.15) is 0 Å². The first-order valence-corrected chi connectivity index (χ1v) is 18.0. The quantitative estimate of drug-likeness (QED) is 0.167. The molecule has 1 aliphatic carbocycles. The summed E-state index contributed by atoms with van der Waals surface area (Å²) in [5.74, 6) is 0. The number of benzene rings is 9. The summed E-state index contributed by atoms with van der Waals surface area (Å²) in [6, 6.07) is 75.5. The Hall–Kier alpha value is -6.76. The van der Waals surface area contributed by atoms with Gasteiger partial charge in [-0.3, -0.25) is 0 Å². The van der Waals surface area contributed by atoms with Crippen LogP contribution in [-0.4, -0.2) is 0 Å². The summed E-state index contributed by atoms with van der Waals surface area (Å²) in [5.41, 5.74) is 19.9. The molecular weight excluding hydrogens is 625 g/mol. The summed E-state index contributed by atoms with van der Waals surface area (Å²) in [7, 11) is 0. The van der Waals surface area contributed by atoms with Crippen LogP contribution < -0.4 is 0 Å². The molecule has 1 aliphatic rings. The Bertz CT molecular complexity index is 2710. The van der Waals surface area contributed by atoms with E-state index in [0.29, 0.717) is 0 Å². The van der Waals surface area contributed by atoms with Crippen molar-refractivity contribution >= 4 is 10.8 Å². The van der Waals surface area contributed by atoms with Gasteiger partial charge in [0.2, 0.25) is 0 Å². The van der Waals surface area contributed by atoms with Crippen molar-refractivity contribution < 1.29 is 0 Å². The average Bonchev–Trinajstić information content (AvgIpc) is 3.56. The first kappa shape index (κ1) is 30.1. The van der Waals surface area contributed by atoms with Crippen molar-refractivity contribution in [3.05, 3.63) is 206 Å². The molecule has 0 unspecified atom stereocenters. The maximum atomic E-state index is 2.44. The molecule has 0 N–H and O–H groups in total. The van der Waals surface area contributed by atoms with Gasteiger partial charge in [0, 0.05) is 0 Å². The van der Waals surface area contributed by atoms with Gasteiger partial charge in [0.05, 0.1) is 0 Å². The normalized spacial score (nSPS) is 11.5. The summed E-state index contributed by atoms with van der Waals surface area (Å²) < 4.78 is 0. The second-order valence-electron chi connectivity index (χ2n) is 13.6. The zero-order valence-electron chi connectivity index (χ0n) is 28.6. The maximum Gasteiger partial charge on any atom is -0.00143 e. The van der Waals surface area contributed by atoms with Gasteiger partial charge in [0.1, 0.15) is 0 Å². The second kappa shape index (κ2) is 12.5. The molecule has 0 atom stereocenters. The van der Waals surface area contributed by atoms with Gasteiger partial charge >= 0.3 is 0 Å². The fourth-order valence-electron chi connectivity index (χ4n) is 8.37. The molecule has 0 heterocycles. The fourth-order valence-corrected chi connectivity index (χ4v) is 8.37. The lowest BCUT2D eigenvalue weighted by Crippen LogP contribution is -1.98. The zero-order valence-corrected chi connectivity index (χ0v) is 28.6. The van der Waals surface area contributed by atoms with Gasteiger partial charge < -0.3 is 0 Å². The molecule has 242 valence electrons. The van der Waals surface area contributed by atoms with Crippen LogP contribution in [0, 0.1) is 0 Å². The molecule has 52 heavy (non-hydrogen) atoms. The summed E-state index contributed by atoms with van der Waals surface area (Å²) >= 11 is 0. The number of hydrogen-bond donors (Lipinski definition) is 0. The molecule has 0 bridgehead atoms. The highest BCUT2D eigenvalue weighted by Gasteiger charge is 2.25. The van der Waals surface area contributed by atoms with Crippen molar-refractivity contribution in [2.24, 2.45) is 0 Å². The second-order valence-corrected chi connectivity index (χ2v) is 13.6. The SMILES string of the molecule is c1ccc(-c2cc(-c3cccc(-c4ccc5c6c(cccc46)-c4ccccc4-5)c3)c(-c3ccccc3)c(-c3ccccc3)c2-c2ccccc2)cc1. The lowest BCUT2D eigenvalue weighted by molar-refractivity contribution is 1.52. The molecule has 9 aromatic rings. The van der Waals surface area contributed by atoms with E-state index in [9.17, 15) is 0 Å². The van der Waals surface area contributed by atoms with Crippen molar-refractivity contribution in [3.63, 3.8) is 0 Å². The highest BCUT2D eigenvalue weighted by atomic mass is 14.3. The minimum absolute atomic E-state index is 1.19. The minimum atomic E-state index is 1.19. The van der Waals surface area contributed by atoms with Crippen LogP contribution >= 0.6 is 0 Å². The number of hydrogen-bond acceptors (Lipinski definition) is 0. The minimum Gasteiger partial charge on any atom is -0.0622 e. The Morgan fingerprint density at radius 3 is 1.15 bits per heavy atom. The van der Waals surface area contributed by atoms with E-state index in [-0.39, 0.29) is 0 Å². The molecule has 10 rings (SSSR count). The third-order valence-corrected chi connectivity index (χ3v) is 10.6. The Morgan fingerprint density at radius 2 is 0.577 bits per heavy atom. The molecule has 0 aromatic heterocycles. The van der Waals surface area contributed by atoms with Crippen LogP contribution in [0.15, 0.2) is 206 Å². The van der Waals surface area contributed by atoms with Crippen molar-refractivity contribution in [1.82, 2.24) is 0 Å². The Labute approximate surface area is 305 Å². The predicted molar refractivity (Wildman–Crippen MR) is 221 cm³/mol. The summed E-state index contributed by atoms with van der Waals surface area (Å²) in [5, 5.41) is 2.64. The Morgan fingerprint density at radius 1 is 0.192 bits per heavy atom. The molecule has 0 amide bonds. The van der Waals surface area contributed by atoms with Crippen molar-refractivity contribution in [3.8, 4) is 89.0 Å². The largest absolute Gasteiger partial charge is 0.0622 e. The van der Waals surface area contributed by atoms with Crippen LogP contribution in [-0.2, 0) is 0 Å². The smallest absolute Gasteiger partial charge is 0.00143 e. The molecule has 0 nitrogen and oxygen atoms in total. The van der Waals surface area contributed by atoms with E-state index in [1.54, 1.807) is 0 Å². The molecule has 0 saturated carbocycles. The molecule has 0 saturated heterocycles. The number of rotatable bonds is 6. The average molecular weight is 659 g/mol. The third-order valence-electron chi connectivity index (χ3n) is 10.6. The highest BCUT2D eigenvalue weighted by Crippen LogP contribution is 2.52. The summed E-state index contributed by atoms with van der Waals surface area (Å²) in [6.45, 7) is 0. The van der Waals surface area contributed by atoms with Crippen molar-refractivity contribution in [2.75, 3.05) is 0 Å². The Kier molecular flexibility index (Phi) is 7.25. The van der Waals surface area contributed by atoms with Crippen LogP contribution in [0.1, 0.15) is 0 Å². The van der Waals surface area contributed by atoms with E-state index < -0.39 is 0 Å². The van der Waals surface area contributed by atoms with Gasteiger partial charge in [-0.05, 0) is 112 Å². The lowest BCUT2D eigenvalue weighted by atomic mass is 9.78. The standard InChI is InChI=1S/C52H34/c1-5-17-35(18-6-1)47-34-48(50(37-21-9-3-10-22-37)51(38-23-11-4-12-24-38)49(47)36-19-7-2-8-20-36)40-26-15-25-39(33-40)41-31-32-46-43-28-14-13-27-42(43)45-30-16-29-44(41)52(45)46/h1-34H. The van der Waals surface area contributed by atoms with E-state index in [1.807, 2.05) is 0 Å². The molecule has 0 aliphatic heterocycles. The van der Waals surface area contributed by atoms with Crippen LogP contribution in [0.3, 0.4) is 0 Å². The molecule has 0 fully saturated rings. The van der Waals surface area contributed by atoms with Crippen molar-refractivity contribution in [2.45, 2.75) is 0 Å². The monoisotopic (exact) mass is 658 g/mol. The molecule has 9 aromatic carbocycles. The fraction of sp³-hybridized carbons (Fsp3) is 0. The van der Waals surface area contributed by atoms with Gasteiger partial charge in [0.15, 0.2) is 0 Å². The van der Waals surface area contributed by atoms with Gasteiger partial charge in [0.25, 0.3) is 0 Å². The van der Waals surface area contributed by atoms with E-state index in [0.717, 1.165) is 0 Å². The molecule has 0 heteroatoms.